The summed E-state index contributed by atoms with van der Waals surface area (Å²) >= 11 is 0. The molecular formula is C18H28N2O. The monoisotopic (exact) mass is 288 g/mol. The van der Waals surface area contributed by atoms with E-state index in [1.54, 1.807) is 0 Å². The van der Waals surface area contributed by atoms with Crippen LogP contribution in [0.3, 0.4) is 0 Å². The third-order valence-corrected chi connectivity index (χ3v) is 5.06. The zero-order chi connectivity index (χ0) is 14.7. The predicted molar refractivity (Wildman–Crippen MR) is 86.6 cm³/mol. The van der Waals surface area contributed by atoms with Crippen molar-refractivity contribution < 1.29 is 4.74 Å². The van der Waals surface area contributed by atoms with Gasteiger partial charge in [0.2, 0.25) is 0 Å². The second-order valence-electron chi connectivity index (χ2n) is 6.46. The van der Waals surface area contributed by atoms with Crippen LogP contribution in [0.5, 0.6) is 0 Å². The van der Waals surface area contributed by atoms with Gasteiger partial charge in [-0.2, -0.15) is 0 Å². The van der Waals surface area contributed by atoms with E-state index in [2.05, 4.69) is 48.3 Å². The van der Waals surface area contributed by atoms with Gasteiger partial charge in [-0.3, -0.25) is 4.90 Å². The highest BCUT2D eigenvalue weighted by Crippen LogP contribution is 2.28. The van der Waals surface area contributed by atoms with Crippen molar-refractivity contribution in [3.63, 3.8) is 0 Å². The van der Waals surface area contributed by atoms with Crippen LogP contribution < -0.4 is 5.32 Å². The standard InChI is InChI=1S/C18H28N2O/c1-3-16-12-20(14(2)8-10-19-16)13-18-17-7-5-4-6-15(17)9-11-21-18/h4-7,14,16,18-19H,3,8-13H2,1-2H3. The van der Waals surface area contributed by atoms with E-state index in [1.807, 2.05) is 0 Å². The van der Waals surface area contributed by atoms with E-state index in [9.17, 15) is 0 Å². The highest BCUT2D eigenvalue weighted by Gasteiger charge is 2.27. The molecule has 3 heteroatoms. The highest BCUT2D eigenvalue weighted by atomic mass is 16.5. The Morgan fingerprint density at radius 2 is 2.19 bits per heavy atom. The van der Waals surface area contributed by atoms with E-state index < -0.39 is 0 Å². The van der Waals surface area contributed by atoms with Crippen molar-refractivity contribution in [2.75, 3.05) is 26.2 Å². The molecule has 21 heavy (non-hydrogen) atoms. The SMILES string of the molecule is CCC1CN(CC2OCCc3ccccc32)C(C)CCN1. The third kappa shape index (κ3) is 3.47. The first-order chi connectivity index (χ1) is 10.3. The number of hydrogen-bond donors (Lipinski definition) is 1. The van der Waals surface area contributed by atoms with E-state index in [0.717, 1.165) is 32.7 Å². The lowest BCUT2D eigenvalue weighted by Gasteiger charge is -2.34. The van der Waals surface area contributed by atoms with Gasteiger partial charge >= 0.3 is 0 Å². The minimum Gasteiger partial charge on any atom is -0.372 e. The summed E-state index contributed by atoms with van der Waals surface area (Å²) in [6, 6.07) is 10.0. The van der Waals surface area contributed by atoms with Crippen LogP contribution in [0.15, 0.2) is 24.3 Å². The second kappa shape index (κ2) is 6.91. The summed E-state index contributed by atoms with van der Waals surface area (Å²) in [6.07, 6.45) is 3.73. The number of ether oxygens (including phenoxy) is 1. The number of benzene rings is 1. The number of rotatable bonds is 3. The van der Waals surface area contributed by atoms with Crippen molar-refractivity contribution in [1.29, 1.82) is 0 Å². The molecular weight excluding hydrogens is 260 g/mol. The fourth-order valence-corrected chi connectivity index (χ4v) is 3.58. The highest BCUT2D eigenvalue weighted by molar-refractivity contribution is 5.31. The molecule has 2 aliphatic heterocycles. The first kappa shape index (κ1) is 15.0. The maximum Gasteiger partial charge on any atom is 0.0954 e. The summed E-state index contributed by atoms with van der Waals surface area (Å²) in [5.74, 6) is 0. The summed E-state index contributed by atoms with van der Waals surface area (Å²) in [6.45, 7) is 8.79. The summed E-state index contributed by atoms with van der Waals surface area (Å²) < 4.78 is 6.10. The van der Waals surface area contributed by atoms with Crippen molar-refractivity contribution in [2.24, 2.45) is 0 Å². The predicted octanol–water partition coefficient (Wildman–Crippen LogP) is 2.76. The zero-order valence-electron chi connectivity index (χ0n) is 13.3. The largest absolute Gasteiger partial charge is 0.372 e. The van der Waals surface area contributed by atoms with E-state index >= 15 is 0 Å². The Morgan fingerprint density at radius 1 is 1.33 bits per heavy atom. The van der Waals surface area contributed by atoms with Crippen molar-refractivity contribution in [3.8, 4) is 0 Å². The maximum atomic E-state index is 6.10. The molecule has 1 N–H and O–H groups in total. The van der Waals surface area contributed by atoms with Crippen molar-refractivity contribution >= 4 is 0 Å². The van der Waals surface area contributed by atoms with Crippen LogP contribution >= 0.6 is 0 Å². The Morgan fingerprint density at radius 3 is 3.05 bits per heavy atom. The molecule has 3 rings (SSSR count). The van der Waals surface area contributed by atoms with Gasteiger partial charge in [0.1, 0.15) is 0 Å². The fourth-order valence-electron chi connectivity index (χ4n) is 3.58. The molecule has 0 bridgehead atoms. The Labute approximate surface area is 128 Å². The molecule has 0 saturated carbocycles. The lowest BCUT2D eigenvalue weighted by molar-refractivity contribution is 0.00712. The molecule has 1 aromatic carbocycles. The number of nitrogens with zero attached hydrogens (tertiary/aromatic N) is 1. The van der Waals surface area contributed by atoms with E-state index in [-0.39, 0.29) is 6.10 Å². The molecule has 3 nitrogen and oxygen atoms in total. The Hall–Kier alpha value is -0.900. The molecule has 1 saturated heterocycles. The maximum absolute atomic E-state index is 6.10. The summed E-state index contributed by atoms with van der Waals surface area (Å²) in [4.78, 5) is 2.63. The molecule has 3 unspecified atom stereocenters. The van der Waals surface area contributed by atoms with Crippen LogP contribution in [0.4, 0.5) is 0 Å². The molecule has 1 aromatic rings. The first-order valence-electron chi connectivity index (χ1n) is 8.44. The van der Waals surface area contributed by atoms with Gasteiger partial charge < -0.3 is 10.1 Å². The minimum absolute atomic E-state index is 0.244. The lowest BCUT2D eigenvalue weighted by atomic mass is 9.97. The molecule has 0 radical (unpaired) electrons. The number of hydrogen-bond acceptors (Lipinski definition) is 3. The smallest absolute Gasteiger partial charge is 0.0954 e. The van der Waals surface area contributed by atoms with Crippen LogP contribution in [0, 0.1) is 0 Å². The topological polar surface area (TPSA) is 24.5 Å². The van der Waals surface area contributed by atoms with Gasteiger partial charge in [-0.15, -0.1) is 0 Å². The van der Waals surface area contributed by atoms with Gasteiger partial charge in [-0.25, -0.2) is 0 Å². The summed E-state index contributed by atoms with van der Waals surface area (Å²) in [5, 5.41) is 3.67. The summed E-state index contributed by atoms with van der Waals surface area (Å²) in [7, 11) is 0. The molecule has 2 heterocycles. The Bertz CT molecular complexity index is 462. The van der Waals surface area contributed by atoms with E-state index in [4.69, 9.17) is 4.74 Å². The third-order valence-electron chi connectivity index (χ3n) is 5.06. The van der Waals surface area contributed by atoms with Gasteiger partial charge in [-0.05, 0) is 43.9 Å². The minimum atomic E-state index is 0.244. The normalized spacial score (nSPS) is 30.7. The molecule has 2 aliphatic rings. The van der Waals surface area contributed by atoms with Gasteiger partial charge in [-0.1, -0.05) is 31.2 Å². The van der Waals surface area contributed by atoms with Crippen LogP contribution in [-0.4, -0.2) is 43.2 Å². The molecule has 1 fully saturated rings. The van der Waals surface area contributed by atoms with Crippen molar-refractivity contribution in [3.05, 3.63) is 35.4 Å². The van der Waals surface area contributed by atoms with Crippen LogP contribution in [-0.2, 0) is 11.2 Å². The van der Waals surface area contributed by atoms with Crippen molar-refractivity contribution in [1.82, 2.24) is 10.2 Å². The Kier molecular flexibility index (Phi) is 4.94. The lowest BCUT2D eigenvalue weighted by Crippen LogP contribution is -2.42. The van der Waals surface area contributed by atoms with Crippen molar-refractivity contribution in [2.45, 2.75) is 51.3 Å². The Balaban J connectivity index is 1.73. The van der Waals surface area contributed by atoms with Gasteiger partial charge in [0.15, 0.2) is 0 Å². The molecule has 116 valence electrons. The quantitative estimate of drug-likeness (QED) is 0.925. The van der Waals surface area contributed by atoms with Gasteiger partial charge in [0.25, 0.3) is 0 Å². The number of nitrogens with one attached hydrogen (secondary N) is 1. The first-order valence-corrected chi connectivity index (χ1v) is 8.44. The van der Waals surface area contributed by atoms with Gasteiger partial charge in [0, 0.05) is 25.2 Å². The molecule has 0 aromatic heterocycles. The van der Waals surface area contributed by atoms with E-state index in [1.165, 1.54) is 24.0 Å². The molecule has 0 spiro atoms. The number of fused-ring (bicyclic) bond motifs is 1. The second-order valence-corrected chi connectivity index (χ2v) is 6.46. The van der Waals surface area contributed by atoms with Crippen LogP contribution in [0.1, 0.15) is 43.9 Å². The zero-order valence-corrected chi connectivity index (χ0v) is 13.3. The molecule has 0 amide bonds. The van der Waals surface area contributed by atoms with E-state index in [0.29, 0.717) is 12.1 Å². The average molecular weight is 288 g/mol. The molecule has 3 atom stereocenters. The fraction of sp³-hybridized carbons (Fsp3) is 0.667. The summed E-state index contributed by atoms with van der Waals surface area (Å²) in [5.41, 5.74) is 2.88. The molecule has 0 aliphatic carbocycles. The van der Waals surface area contributed by atoms with Crippen LogP contribution in [0.25, 0.3) is 0 Å². The average Bonchev–Trinajstić information content (AvgIpc) is 2.70. The van der Waals surface area contributed by atoms with Gasteiger partial charge in [0.05, 0.1) is 12.7 Å². The van der Waals surface area contributed by atoms with Crippen LogP contribution in [0.2, 0.25) is 0 Å².